The van der Waals surface area contributed by atoms with Gasteiger partial charge in [-0.1, -0.05) is 24.3 Å². The maximum atomic E-state index is 12.9. The molecule has 3 aromatic heterocycles. The number of hydrogen-bond acceptors (Lipinski definition) is 5. The highest BCUT2D eigenvalue weighted by molar-refractivity contribution is 6.02. The zero-order valence-electron chi connectivity index (χ0n) is 13.6. The van der Waals surface area contributed by atoms with E-state index in [9.17, 15) is 9.90 Å². The van der Waals surface area contributed by atoms with E-state index in [2.05, 4.69) is 15.0 Å². The van der Waals surface area contributed by atoms with Crippen LogP contribution in [0.15, 0.2) is 83.0 Å². The molecule has 1 aromatic carbocycles. The molecule has 1 N–H and O–H groups in total. The molecule has 126 valence electrons. The van der Waals surface area contributed by atoms with Gasteiger partial charge < -0.3 is 5.11 Å². The topological polar surface area (TPSA) is 80.4 Å². The van der Waals surface area contributed by atoms with Crippen molar-refractivity contribution in [1.82, 2.24) is 14.5 Å². The molecule has 6 nitrogen and oxygen atoms in total. The molecule has 4 aromatic rings. The second-order valence-electron chi connectivity index (χ2n) is 5.58. The third kappa shape index (κ3) is 2.73. The lowest BCUT2D eigenvalue weighted by Crippen LogP contribution is -2.20. The predicted octanol–water partition coefficient (Wildman–Crippen LogP) is 3.24. The van der Waals surface area contributed by atoms with Gasteiger partial charge in [0.1, 0.15) is 5.82 Å². The predicted molar refractivity (Wildman–Crippen MR) is 100 cm³/mol. The van der Waals surface area contributed by atoms with Crippen LogP contribution in [0.3, 0.4) is 0 Å². The molecule has 0 saturated heterocycles. The molecule has 3 heterocycles. The van der Waals surface area contributed by atoms with Gasteiger partial charge >= 0.3 is 0 Å². The largest absolute Gasteiger partial charge is 0.494 e. The summed E-state index contributed by atoms with van der Waals surface area (Å²) in [4.78, 5) is 25.5. The Morgan fingerprint density at radius 3 is 2.50 bits per heavy atom. The quantitative estimate of drug-likeness (QED) is 0.580. The first-order valence-corrected chi connectivity index (χ1v) is 7.98. The summed E-state index contributed by atoms with van der Waals surface area (Å²) in [5.74, 6) is 0.136. The molecule has 4 rings (SSSR count). The Bertz CT molecular complexity index is 1150. The zero-order chi connectivity index (χ0) is 17.9. The third-order valence-corrected chi connectivity index (χ3v) is 3.97. The van der Waals surface area contributed by atoms with Crippen LogP contribution in [0.2, 0.25) is 0 Å². The third-order valence-electron chi connectivity index (χ3n) is 3.97. The normalized spacial score (nSPS) is 11.2. The molecule has 0 aliphatic carbocycles. The van der Waals surface area contributed by atoms with Crippen molar-refractivity contribution in [2.75, 3.05) is 0 Å². The second kappa shape index (κ2) is 6.60. The number of aromatic hydroxyl groups is 1. The minimum absolute atomic E-state index is 0.208. The van der Waals surface area contributed by atoms with Crippen molar-refractivity contribution in [3.63, 3.8) is 0 Å². The standard InChI is InChI=1S/C20H14N4O2/c25-19-16-8-2-1-7-15(16)17(13-23-14-6-5-10-21-12-14)20(26)24(19)18-9-3-4-11-22-18/h1-13,26H. The summed E-state index contributed by atoms with van der Waals surface area (Å²) in [5.41, 5.74) is 0.747. The lowest BCUT2D eigenvalue weighted by molar-refractivity contribution is 0.435. The first-order chi connectivity index (χ1) is 12.8. The van der Waals surface area contributed by atoms with Crippen molar-refractivity contribution in [1.29, 1.82) is 0 Å². The fraction of sp³-hybridized carbons (Fsp3) is 0. The van der Waals surface area contributed by atoms with Crippen molar-refractivity contribution in [3.05, 3.63) is 89.1 Å². The maximum Gasteiger partial charge on any atom is 0.267 e. The van der Waals surface area contributed by atoms with Crippen LogP contribution in [0.5, 0.6) is 5.88 Å². The molecule has 0 radical (unpaired) electrons. The smallest absolute Gasteiger partial charge is 0.267 e. The molecule has 0 fully saturated rings. The molecular formula is C20H14N4O2. The SMILES string of the molecule is O=c1c2ccccc2c(C=Nc2cccnc2)c(O)n1-c1ccccn1. The van der Waals surface area contributed by atoms with E-state index in [4.69, 9.17) is 0 Å². The molecule has 0 amide bonds. The molecule has 0 aliphatic rings. The van der Waals surface area contributed by atoms with Gasteiger partial charge in [-0.25, -0.2) is 9.55 Å². The first kappa shape index (κ1) is 15.7. The van der Waals surface area contributed by atoms with E-state index in [1.807, 2.05) is 6.07 Å². The van der Waals surface area contributed by atoms with Gasteiger partial charge in [-0.2, -0.15) is 0 Å². The maximum absolute atomic E-state index is 12.9. The lowest BCUT2D eigenvalue weighted by atomic mass is 10.1. The number of aromatic nitrogens is 3. The van der Waals surface area contributed by atoms with Gasteiger partial charge in [0.05, 0.1) is 17.4 Å². The molecule has 0 bridgehead atoms. The summed E-state index contributed by atoms with van der Waals surface area (Å²) in [5, 5.41) is 11.9. The minimum Gasteiger partial charge on any atom is -0.494 e. The van der Waals surface area contributed by atoms with Crippen LogP contribution >= 0.6 is 0 Å². The Hall–Kier alpha value is -3.80. The number of fused-ring (bicyclic) bond motifs is 1. The molecule has 0 spiro atoms. The van der Waals surface area contributed by atoms with Crippen LogP contribution < -0.4 is 5.56 Å². The Balaban J connectivity index is 2.00. The van der Waals surface area contributed by atoms with Gasteiger partial charge in [-0.3, -0.25) is 14.8 Å². The minimum atomic E-state index is -0.338. The van der Waals surface area contributed by atoms with Gasteiger partial charge in [-0.05, 0) is 30.3 Å². The molecule has 0 atom stereocenters. The van der Waals surface area contributed by atoms with Crippen molar-refractivity contribution in [2.45, 2.75) is 0 Å². The number of rotatable bonds is 3. The van der Waals surface area contributed by atoms with E-state index in [0.29, 0.717) is 27.8 Å². The van der Waals surface area contributed by atoms with E-state index < -0.39 is 0 Å². The van der Waals surface area contributed by atoms with Crippen LogP contribution in [0.25, 0.3) is 16.6 Å². The van der Waals surface area contributed by atoms with Crippen molar-refractivity contribution in [2.24, 2.45) is 4.99 Å². The van der Waals surface area contributed by atoms with Gasteiger partial charge in [-0.15, -0.1) is 0 Å². The zero-order valence-corrected chi connectivity index (χ0v) is 13.6. The van der Waals surface area contributed by atoms with Crippen LogP contribution in [0, 0.1) is 0 Å². The van der Waals surface area contributed by atoms with Gasteiger partial charge in [0.25, 0.3) is 5.56 Å². The highest BCUT2D eigenvalue weighted by atomic mass is 16.3. The number of hydrogen-bond donors (Lipinski definition) is 1. The number of nitrogens with zero attached hydrogens (tertiary/aromatic N) is 4. The number of benzene rings is 1. The highest BCUT2D eigenvalue weighted by Gasteiger charge is 2.16. The Labute approximate surface area is 148 Å². The Morgan fingerprint density at radius 2 is 1.77 bits per heavy atom. The van der Waals surface area contributed by atoms with Crippen LogP contribution in [-0.2, 0) is 0 Å². The molecular weight excluding hydrogens is 328 g/mol. The summed E-state index contributed by atoms with van der Waals surface area (Å²) >= 11 is 0. The van der Waals surface area contributed by atoms with Crippen molar-refractivity contribution < 1.29 is 5.11 Å². The van der Waals surface area contributed by atoms with Gasteiger partial charge in [0.15, 0.2) is 0 Å². The van der Waals surface area contributed by atoms with Crippen molar-refractivity contribution in [3.8, 4) is 11.7 Å². The van der Waals surface area contributed by atoms with Gasteiger partial charge in [0, 0.05) is 29.4 Å². The number of aliphatic imine (C=N–C) groups is 1. The average Bonchev–Trinajstić information content (AvgIpc) is 2.70. The molecule has 6 heteroatoms. The van der Waals surface area contributed by atoms with E-state index >= 15 is 0 Å². The lowest BCUT2D eigenvalue weighted by Gasteiger charge is -2.12. The average molecular weight is 342 g/mol. The summed E-state index contributed by atoms with van der Waals surface area (Å²) < 4.78 is 1.19. The van der Waals surface area contributed by atoms with Crippen LogP contribution in [0.1, 0.15) is 5.56 Å². The molecule has 0 unspecified atom stereocenters. The summed E-state index contributed by atoms with van der Waals surface area (Å²) in [6, 6.07) is 15.8. The Kier molecular flexibility index (Phi) is 3.99. The van der Waals surface area contributed by atoms with E-state index in [-0.39, 0.29) is 11.4 Å². The van der Waals surface area contributed by atoms with E-state index in [0.717, 1.165) is 0 Å². The van der Waals surface area contributed by atoms with E-state index in [1.165, 1.54) is 10.8 Å². The van der Waals surface area contributed by atoms with Crippen molar-refractivity contribution >= 4 is 22.7 Å². The van der Waals surface area contributed by atoms with Gasteiger partial charge in [0.2, 0.25) is 5.88 Å². The monoisotopic (exact) mass is 342 g/mol. The van der Waals surface area contributed by atoms with E-state index in [1.54, 1.807) is 67.1 Å². The fourth-order valence-electron chi connectivity index (χ4n) is 2.76. The first-order valence-electron chi connectivity index (χ1n) is 7.98. The summed E-state index contributed by atoms with van der Waals surface area (Å²) in [6.07, 6.45) is 6.38. The Morgan fingerprint density at radius 1 is 0.962 bits per heavy atom. The summed E-state index contributed by atoms with van der Waals surface area (Å²) in [7, 11) is 0. The number of pyridine rings is 3. The molecule has 26 heavy (non-hydrogen) atoms. The second-order valence-corrected chi connectivity index (χ2v) is 5.58. The van der Waals surface area contributed by atoms with Crippen LogP contribution in [0.4, 0.5) is 5.69 Å². The van der Waals surface area contributed by atoms with Crippen LogP contribution in [-0.4, -0.2) is 25.9 Å². The fourth-order valence-corrected chi connectivity index (χ4v) is 2.76. The molecule has 0 aliphatic heterocycles. The highest BCUT2D eigenvalue weighted by Crippen LogP contribution is 2.25. The summed E-state index contributed by atoms with van der Waals surface area (Å²) in [6.45, 7) is 0. The molecule has 0 saturated carbocycles.